The first-order valence-corrected chi connectivity index (χ1v) is 7.56. The third-order valence-corrected chi connectivity index (χ3v) is 4.28. The molecule has 132 valence electrons. The summed E-state index contributed by atoms with van der Waals surface area (Å²) in [5.74, 6) is -3.05. The molecule has 1 aliphatic carbocycles. The van der Waals surface area contributed by atoms with Gasteiger partial charge in [-0.05, 0) is 37.1 Å². The summed E-state index contributed by atoms with van der Waals surface area (Å²) < 4.78 is 66.6. The van der Waals surface area contributed by atoms with Crippen LogP contribution in [0.3, 0.4) is 0 Å². The molecule has 0 bridgehead atoms. The fourth-order valence-corrected chi connectivity index (χ4v) is 2.94. The van der Waals surface area contributed by atoms with Crippen LogP contribution in [0.1, 0.15) is 40.4 Å². The predicted molar refractivity (Wildman–Crippen MR) is 78.8 cm³/mol. The second-order valence-corrected chi connectivity index (χ2v) is 5.80. The molecule has 1 aromatic heterocycles. The second kappa shape index (κ2) is 6.42. The molecule has 1 N–H and O–H groups in total. The standard InChI is InChI=1S/C17H13F5N2O/c18-11-4-1-5-12(19)14(11)9-6-7-13(9)24-16(25)10-3-2-8-23-15(10)17(20,21)22/h1-5,8-9,13H,6-7H2,(H,24,25)/t9-,13+/m0/s1. The van der Waals surface area contributed by atoms with E-state index >= 15 is 0 Å². The van der Waals surface area contributed by atoms with Gasteiger partial charge in [-0.25, -0.2) is 8.78 Å². The van der Waals surface area contributed by atoms with Crippen molar-refractivity contribution in [2.75, 3.05) is 0 Å². The summed E-state index contributed by atoms with van der Waals surface area (Å²) in [5.41, 5.74) is -2.06. The number of carbonyl (C=O) groups excluding carboxylic acids is 1. The van der Waals surface area contributed by atoms with Crippen LogP contribution in [0, 0.1) is 11.6 Å². The SMILES string of the molecule is O=C(N[C@@H]1CC[C@@H]1c1c(F)cccc1F)c1cccnc1C(F)(F)F. The number of hydrogen-bond acceptors (Lipinski definition) is 2. The number of rotatable bonds is 3. The first-order valence-electron chi connectivity index (χ1n) is 7.56. The van der Waals surface area contributed by atoms with E-state index in [2.05, 4.69) is 10.3 Å². The van der Waals surface area contributed by atoms with Gasteiger partial charge in [-0.15, -0.1) is 0 Å². The highest BCUT2D eigenvalue weighted by atomic mass is 19.4. The maximum Gasteiger partial charge on any atom is 0.434 e. The third kappa shape index (κ3) is 3.33. The van der Waals surface area contributed by atoms with Gasteiger partial charge in [-0.1, -0.05) is 6.07 Å². The van der Waals surface area contributed by atoms with Crippen molar-refractivity contribution in [3.8, 4) is 0 Å². The molecule has 1 aromatic carbocycles. The van der Waals surface area contributed by atoms with Gasteiger partial charge in [0.1, 0.15) is 11.6 Å². The molecule has 0 radical (unpaired) electrons. The molecule has 1 aliphatic rings. The molecular formula is C17H13F5N2O. The lowest BCUT2D eigenvalue weighted by Gasteiger charge is -2.37. The number of aromatic nitrogens is 1. The van der Waals surface area contributed by atoms with Crippen LogP contribution < -0.4 is 5.32 Å². The zero-order valence-corrected chi connectivity index (χ0v) is 12.8. The summed E-state index contributed by atoms with van der Waals surface area (Å²) in [5, 5.41) is 2.44. The Morgan fingerprint density at radius 2 is 1.76 bits per heavy atom. The van der Waals surface area contributed by atoms with Crippen LogP contribution in [0.4, 0.5) is 22.0 Å². The average molecular weight is 356 g/mol. The van der Waals surface area contributed by atoms with E-state index in [0.717, 1.165) is 24.4 Å². The Hall–Kier alpha value is -2.51. The fraction of sp³-hybridized carbons (Fsp3) is 0.294. The minimum atomic E-state index is -4.77. The number of benzene rings is 1. The van der Waals surface area contributed by atoms with Gasteiger partial charge in [0.05, 0.1) is 5.56 Å². The number of nitrogens with zero attached hydrogens (tertiary/aromatic N) is 1. The van der Waals surface area contributed by atoms with Crippen molar-refractivity contribution < 1.29 is 26.7 Å². The van der Waals surface area contributed by atoms with Crippen LogP contribution >= 0.6 is 0 Å². The summed E-state index contributed by atoms with van der Waals surface area (Å²) in [4.78, 5) is 15.4. The lowest BCUT2D eigenvalue weighted by Crippen LogP contribution is -2.46. The zero-order chi connectivity index (χ0) is 18.2. The molecule has 3 rings (SSSR count). The van der Waals surface area contributed by atoms with Crippen molar-refractivity contribution in [1.82, 2.24) is 10.3 Å². The molecule has 0 spiro atoms. The Kier molecular flexibility index (Phi) is 4.45. The van der Waals surface area contributed by atoms with Gasteiger partial charge in [0, 0.05) is 23.7 Å². The van der Waals surface area contributed by atoms with Crippen LogP contribution in [0.25, 0.3) is 0 Å². The van der Waals surface area contributed by atoms with Crippen LogP contribution in [0.15, 0.2) is 36.5 Å². The number of pyridine rings is 1. The highest BCUT2D eigenvalue weighted by Crippen LogP contribution is 2.40. The Balaban J connectivity index is 1.81. The quantitative estimate of drug-likeness (QED) is 0.843. The summed E-state index contributed by atoms with van der Waals surface area (Å²) in [7, 11) is 0. The van der Waals surface area contributed by atoms with E-state index in [1.165, 1.54) is 12.1 Å². The van der Waals surface area contributed by atoms with E-state index in [-0.39, 0.29) is 5.56 Å². The first-order chi connectivity index (χ1) is 11.8. The van der Waals surface area contributed by atoms with Crippen LogP contribution in [-0.4, -0.2) is 16.9 Å². The van der Waals surface area contributed by atoms with Gasteiger partial charge in [0.25, 0.3) is 5.91 Å². The van der Waals surface area contributed by atoms with Gasteiger partial charge < -0.3 is 5.32 Å². The highest BCUT2D eigenvalue weighted by Gasteiger charge is 2.40. The van der Waals surface area contributed by atoms with E-state index < -0.39 is 46.9 Å². The van der Waals surface area contributed by atoms with Crippen molar-refractivity contribution in [2.45, 2.75) is 31.0 Å². The molecule has 1 heterocycles. The third-order valence-electron chi connectivity index (χ3n) is 4.28. The molecule has 2 atom stereocenters. The van der Waals surface area contributed by atoms with Crippen molar-refractivity contribution in [1.29, 1.82) is 0 Å². The van der Waals surface area contributed by atoms with Crippen LogP contribution in [0.5, 0.6) is 0 Å². The number of amides is 1. The molecule has 8 heteroatoms. The molecule has 2 aromatic rings. The first kappa shape index (κ1) is 17.3. The number of alkyl halides is 3. The van der Waals surface area contributed by atoms with E-state index in [4.69, 9.17) is 0 Å². The minimum absolute atomic E-state index is 0.152. The van der Waals surface area contributed by atoms with Gasteiger partial charge in [-0.2, -0.15) is 13.2 Å². The lowest BCUT2D eigenvalue weighted by molar-refractivity contribution is -0.141. The monoisotopic (exact) mass is 356 g/mol. The minimum Gasteiger partial charge on any atom is -0.349 e. The molecule has 25 heavy (non-hydrogen) atoms. The van der Waals surface area contributed by atoms with Gasteiger partial charge in [0.15, 0.2) is 5.69 Å². The van der Waals surface area contributed by atoms with Gasteiger partial charge in [-0.3, -0.25) is 9.78 Å². The van der Waals surface area contributed by atoms with Gasteiger partial charge >= 0.3 is 6.18 Å². The maximum absolute atomic E-state index is 13.9. The smallest absolute Gasteiger partial charge is 0.349 e. The second-order valence-electron chi connectivity index (χ2n) is 5.80. The largest absolute Gasteiger partial charge is 0.434 e. The summed E-state index contributed by atoms with van der Waals surface area (Å²) in [6.07, 6.45) is -2.97. The van der Waals surface area contributed by atoms with Crippen LogP contribution in [-0.2, 0) is 6.18 Å². The molecule has 3 nitrogen and oxygen atoms in total. The number of hydrogen-bond donors (Lipinski definition) is 1. The van der Waals surface area contributed by atoms with Crippen molar-refractivity contribution >= 4 is 5.91 Å². The van der Waals surface area contributed by atoms with Crippen molar-refractivity contribution in [2.24, 2.45) is 0 Å². The molecule has 1 saturated carbocycles. The Labute approximate surface area is 139 Å². The molecule has 0 unspecified atom stereocenters. The van der Waals surface area contributed by atoms with Crippen molar-refractivity contribution in [3.63, 3.8) is 0 Å². The number of halogens is 5. The molecular weight excluding hydrogens is 343 g/mol. The fourth-order valence-electron chi connectivity index (χ4n) is 2.94. The van der Waals surface area contributed by atoms with E-state index in [1.54, 1.807) is 0 Å². The van der Waals surface area contributed by atoms with Crippen molar-refractivity contribution in [3.05, 3.63) is 65.0 Å². The molecule has 0 saturated heterocycles. The Bertz CT molecular complexity index is 786. The number of nitrogens with one attached hydrogen (secondary N) is 1. The summed E-state index contributed by atoms with van der Waals surface area (Å²) >= 11 is 0. The normalized spacial score (nSPS) is 20.0. The number of carbonyl (C=O) groups is 1. The Morgan fingerprint density at radius 3 is 2.32 bits per heavy atom. The molecule has 1 amide bonds. The zero-order valence-electron chi connectivity index (χ0n) is 12.8. The van der Waals surface area contributed by atoms with E-state index in [1.807, 2.05) is 0 Å². The highest BCUT2D eigenvalue weighted by molar-refractivity contribution is 5.95. The van der Waals surface area contributed by atoms with E-state index in [0.29, 0.717) is 12.8 Å². The molecule has 0 aliphatic heterocycles. The van der Waals surface area contributed by atoms with E-state index in [9.17, 15) is 26.7 Å². The average Bonchev–Trinajstić information content (AvgIpc) is 2.54. The van der Waals surface area contributed by atoms with Crippen LogP contribution in [0.2, 0.25) is 0 Å². The predicted octanol–water partition coefficient (Wildman–Crippen LogP) is 4.05. The summed E-state index contributed by atoms with van der Waals surface area (Å²) in [6, 6.07) is 5.05. The maximum atomic E-state index is 13.9. The lowest BCUT2D eigenvalue weighted by atomic mass is 9.74. The Morgan fingerprint density at radius 1 is 1.08 bits per heavy atom. The van der Waals surface area contributed by atoms with Gasteiger partial charge in [0.2, 0.25) is 0 Å². The summed E-state index contributed by atoms with van der Waals surface area (Å²) in [6.45, 7) is 0. The molecule has 1 fully saturated rings. The topological polar surface area (TPSA) is 42.0 Å².